The van der Waals surface area contributed by atoms with Gasteiger partial charge in [-0.05, 0) is 38.3 Å². The Bertz CT molecular complexity index is 821. The van der Waals surface area contributed by atoms with Gasteiger partial charge in [0.2, 0.25) is 0 Å². The summed E-state index contributed by atoms with van der Waals surface area (Å²) in [4.78, 5) is 11.9. The Labute approximate surface area is 204 Å². The van der Waals surface area contributed by atoms with E-state index in [0.29, 0.717) is 12.5 Å². The highest BCUT2D eigenvalue weighted by molar-refractivity contribution is 14.0. The van der Waals surface area contributed by atoms with Gasteiger partial charge in [0.15, 0.2) is 5.96 Å². The molecule has 7 nitrogen and oxygen atoms in total. The molecule has 1 aliphatic heterocycles. The van der Waals surface area contributed by atoms with Gasteiger partial charge in [0.1, 0.15) is 5.82 Å². The number of aliphatic imine (C=N–C) groups is 1. The van der Waals surface area contributed by atoms with Crippen LogP contribution in [-0.4, -0.2) is 72.4 Å². The first-order valence-electron chi connectivity index (χ1n) is 11.3. The van der Waals surface area contributed by atoms with Crippen molar-refractivity contribution >= 4 is 41.0 Å². The molecular weight excluding hydrogens is 503 g/mol. The third kappa shape index (κ3) is 7.91. The molecule has 31 heavy (non-hydrogen) atoms. The molecule has 2 aromatic rings. The number of nitrogens with one attached hydrogen (secondary N) is 2. The lowest BCUT2D eigenvalue weighted by Crippen LogP contribution is -2.46. The SMILES string of the molecule is CCNC(=NCC1CN(CC(C)C)CCO1)NCCCn1c(C)nc2ccccc21.I. The molecule has 1 aliphatic rings. The van der Waals surface area contributed by atoms with Crippen molar-refractivity contribution < 1.29 is 4.74 Å². The van der Waals surface area contributed by atoms with Gasteiger partial charge >= 0.3 is 0 Å². The minimum Gasteiger partial charge on any atom is -0.374 e. The Morgan fingerprint density at radius 3 is 2.87 bits per heavy atom. The van der Waals surface area contributed by atoms with Crippen LogP contribution in [0.3, 0.4) is 0 Å². The topological polar surface area (TPSA) is 66.7 Å². The minimum absolute atomic E-state index is 0. The number of fused-ring (bicyclic) bond motifs is 1. The van der Waals surface area contributed by atoms with E-state index in [1.54, 1.807) is 0 Å². The predicted molar refractivity (Wildman–Crippen MR) is 140 cm³/mol. The summed E-state index contributed by atoms with van der Waals surface area (Å²) >= 11 is 0. The number of para-hydroxylation sites is 2. The molecule has 174 valence electrons. The number of nitrogens with zero attached hydrogens (tertiary/aromatic N) is 4. The highest BCUT2D eigenvalue weighted by Gasteiger charge is 2.20. The average Bonchev–Trinajstić information content (AvgIpc) is 3.04. The van der Waals surface area contributed by atoms with Crippen LogP contribution in [0.2, 0.25) is 0 Å². The first kappa shape index (κ1) is 25.9. The zero-order valence-electron chi connectivity index (χ0n) is 19.4. The monoisotopic (exact) mass is 542 g/mol. The summed E-state index contributed by atoms with van der Waals surface area (Å²) in [7, 11) is 0. The summed E-state index contributed by atoms with van der Waals surface area (Å²) < 4.78 is 8.22. The number of aryl methyl sites for hydroxylation is 2. The van der Waals surface area contributed by atoms with Gasteiger partial charge in [-0.1, -0.05) is 26.0 Å². The fourth-order valence-electron chi connectivity index (χ4n) is 4.03. The molecule has 2 heterocycles. The number of halogens is 1. The minimum atomic E-state index is 0. The van der Waals surface area contributed by atoms with Crippen molar-refractivity contribution in [3.05, 3.63) is 30.1 Å². The van der Waals surface area contributed by atoms with Gasteiger partial charge in [-0.2, -0.15) is 0 Å². The third-order valence-corrected chi connectivity index (χ3v) is 5.34. The molecule has 0 spiro atoms. The Morgan fingerprint density at radius 2 is 2.10 bits per heavy atom. The fraction of sp³-hybridized carbons (Fsp3) is 0.652. The van der Waals surface area contributed by atoms with Gasteiger partial charge in [0.05, 0.1) is 30.3 Å². The number of rotatable bonds is 9. The van der Waals surface area contributed by atoms with E-state index in [1.807, 2.05) is 6.07 Å². The van der Waals surface area contributed by atoms with Gasteiger partial charge in [0.25, 0.3) is 0 Å². The van der Waals surface area contributed by atoms with Crippen molar-refractivity contribution in [2.24, 2.45) is 10.9 Å². The smallest absolute Gasteiger partial charge is 0.191 e. The Balaban J connectivity index is 0.00000341. The third-order valence-electron chi connectivity index (χ3n) is 5.34. The average molecular weight is 543 g/mol. The molecule has 0 amide bonds. The predicted octanol–water partition coefficient (Wildman–Crippen LogP) is 3.26. The second-order valence-electron chi connectivity index (χ2n) is 8.45. The Hall–Kier alpha value is -1.39. The molecule has 3 rings (SSSR count). The number of morpholine rings is 1. The molecule has 0 aliphatic carbocycles. The summed E-state index contributed by atoms with van der Waals surface area (Å²) in [6, 6.07) is 8.32. The molecule has 8 heteroatoms. The van der Waals surface area contributed by atoms with Crippen molar-refractivity contribution in [2.45, 2.75) is 46.8 Å². The van der Waals surface area contributed by atoms with Crippen LogP contribution in [0, 0.1) is 12.8 Å². The van der Waals surface area contributed by atoms with Crippen LogP contribution in [0.5, 0.6) is 0 Å². The maximum absolute atomic E-state index is 5.93. The van der Waals surface area contributed by atoms with E-state index in [2.05, 4.69) is 71.0 Å². The summed E-state index contributed by atoms with van der Waals surface area (Å²) in [6.45, 7) is 16.0. The number of imidazole rings is 1. The van der Waals surface area contributed by atoms with E-state index in [-0.39, 0.29) is 30.1 Å². The first-order valence-corrected chi connectivity index (χ1v) is 11.3. The summed E-state index contributed by atoms with van der Waals surface area (Å²) in [5.41, 5.74) is 2.27. The number of aromatic nitrogens is 2. The Kier molecular flexibility index (Phi) is 11.0. The highest BCUT2D eigenvalue weighted by Crippen LogP contribution is 2.15. The lowest BCUT2D eigenvalue weighted by Gasteiger charge is -2.33. The van der Waals surface area contributed by atoms with Crippen LogP contribution in [-0.2, 0) is 11.3 Å². The van der Waals surface area contributed by atoms with Gasteiger partial charge in [0, 0.05) is 39.3 Å². The zero-order valence-corrected chi connectivity index (χ0v) is 21.8. The van der Waals surface area contributed by atoms with Crippen molar-refractivity contribution in [1.29, 1.82) is 0 Å². The molecule has 0 saturated carbocycles. The van der Waals surface area contributed by atoms with E-state index >= 15 is 0 Å². The highest BCUT2D eigenvalue weighted by atomic mass is 127. The van der Waals surface area contributed by atoms with E-state index in [9.17, 15) is 0 Å². The molecule has 1 fully saturated rings. The maximum Gasteiger partial charge on any atom is 0.191 e. The fourth-order valence-corrected chi connectivity index (χ4v) is 4.03. The molecule has 1 aromatic carbocycles. The molecule has 1 unspecified atom stereocenters. The van der Waals surface area contributed by atoms with Crippen LogP contribution in [0.15, 0.2) is 29.3 Å². The van der Waals surface area contributed by atoms with Gasteiger partial charge in [-0.15, -0.1) is 24.0 Å². The molecule has 1 atom stereocenters. The van der Waals surface area contributed by atoms with E-state index < -0.39 is 0 Å². The van der Waals surface area contributed by atoms with Crippen molar-refractivity contribution in [1.82, 2.24) is 25.1 Å². The first-order chi connectivity index (χ1) is 14.6. The molecule has 2 N–H and O–H groups in total. The second-order valence-corrected chi connectivity index (χ2v) is 8.45. The number of benzene rings is 1. The summed E-state index contributed by atoms with van der Waals surface area (Å²) in [5.74, 6) is 2.62. The molecular formula is C23H39IN6O. The number of ether oxygens (including phenoxy) is 1. The summed E-state index contributed by atoms with van der Waals surface area (Å²) in [6.07, 6.45) is 1.18. The standard InChI is InChI=1S/C23H38N6O.HI/c1-5-24-23(26-15-20-17-28(13-14-30-20)16-18(2)3)25-11-8-12-29-19(4)27-21-9-6-7-10-22(21)29;/h6-7,9-10,18,20H,5,8,11-17H2,1-4H3,(H2,24,25,26);1H. The second kappa shape index (κ2) is 13.2. The number of hydrogen-bond donors (Lipinski definition) is 2. The van der Waals surface area contributed by atoms with Crippen molar-refractivity contribution in [3.8, 4) is 0 Å². The number of guanidine groups is 1. The van der Waals surface area contributed by atoms with Crippen molar-refractivity contribution in [2.75, 3.05) is 45.9 Å². The maximum atomic E-state index is 5.93. The lowest BCUT2D eigenvalue weighted by atomic mass is 10.2. The molecule has 0 radical (unpaired) electrons. The molecule has 0 bridgehead atoms. The van der Waals surface area contributed by atoms with E-state index in [0.717, 1.165) is 69.6 Å². The van der Waals surface area contributed by atoms with E-state index in [1.165, 1.54) is 5.52 Å². The van der Waals surface area contributed by atoms with Crippen LogP contribution >= 0.6 is 24.0 Å². The van der Waals surface area contributed by atoms with Crippen molar-refractivity contribution in [3.63, 3.8) is 0 Å². The Morgan fingerprint density at radius 1 is 1.29 bits per heavy atom. The van der Waals surface area contributed by atoms with E-state index in [4.69, 9.17) is 9.73 Å². The van der Waals surface area contributed by atoms with Gasteiger partial charge in [-0.25, -0.2) is 4.98 Å². The zero-order chi connectivity index (χ0) is 21.3. The van der Waals surface area contributed by atoms with Crippen LogP contribution in [0.1, 0.15) is 33.0 Å². The van der Waals surface area contributed by atoms with Gasteiger partial charge in [-0.3, -0.25) is 9.89 Å². The number of hydrogen-bond acceptors (Lipinski definition) is 4. The summed E-state index contributed by atoms with van der Waals surface area (Å²) in [5, 5.41) is 6.82. The largest absolute Gasteiger partial charge is 0.374 e. The lowest BCUT2D eigenvalue weighted by molar-refractivity contribution is -0.0261. The normalized spacial score (nSPS) is 17.7. The molecule has 1 saturated heterocycles. The molecule has 1 aromatic heterocycles. The van der Waals surface area contributed by atoms with Gasteiger partial charge < -0.3 is 19.9 Å². The van der Waals surface area contributed by atoms with Crippen LogP contribution in [0.25, 0.3) is 11.0 Å². The van der Waals surface area contributed by atoms with Crippen LogP contribution < -0.4 is 10.6 Å². The van der Waals surface area contributed by atoms with Crippen LogP contribution in [0.4, 0.5) is 0 Å². The quantitative estimate of drug-likeness (QED) is 0.221.